The van der Waals surface area contributed by atoms with Gasteiger partial charge in [-0.15, -0.1) is 6.58 Å². The zero-order chi connectivity index (χ0) is 11.7. The Bertz CT molecular complexity index is 274. The molecule has 0 spiro atoms. The molecule has 86 valence electrons. The molecule has 0 saturated heterocycles. The summed E-state index contributed by atoms with van der Waals surface area (Å²) in [5.74, 6) is -1.91. The van der Waals surface area contributed by atoms with Gasteiger partial charge in [0.05, 0.1) is 5.41 Å². The van der Waals surface area contributed by atoms with Crippen molar-refractivity contribution < 1.29 is 14.6 Å². The largest absolute Gasteiger partial charge is 0.432 e. The predicted octanol–water partition coefficient (Wildman–Crippen LogP) is 2.25. The van der Waals surface area contributed by atoms with Crippen LogP contribution in [0.2, 0.25) is 0 Å². The van der Waals surface area contributed by atoms with Crippen LogP contribution in [-0.4, -0.2) is 16.9 Å². The van der Waals surface area contributed by atoms with E-state index in [9.17, 15) is 9.90 Å². The lowest BCUT2D eigenvalue weighted by molar-refractivity contribution is -0.281. The molecule has 0 radical (unpaired) electrons. The maximum atomic E-state index is 11.0. The van der Waals surface area contributed by atoms with Crippen molar-refractivity contribution in [3.8, 4) is 0 Å². The summed E-state index contributed by atoms with van der Waals surface area (Å²) < 4.78 is 5.14. The molecule has 1 N–H and O–H groups in total. The van der Waals surface area contributed by atoms with Gasteiger partial charge in [-0.1, -0.05) is 19.4 Å². The first-order chi connectivity index (χ1) is 6.85. The van der Waals surface area contributed by atoms with E-state index in [-0.39, 0.29) is 5.92 Å². The minimum atomic E-state index is -1.40. The van der Waals surface area contributed by atoms with Gasteiger partial charge in [0, 0.05) is 12.8 Å². The van der Waals surface area contributed by atoms with Gasteiger partial charge in [0.25, 0.3) is 0 Å². The molecular formula is C12H20O3. The smallest absolute Gasteiger partial charge is 0.305 e. The number of ether oxygens (including phenoxy) is 1. The number of esters is 1. The van der Waals surface area contributed by atoms with Gasteiger partial charge in [0.2, 0.25) is 5.79 Å². The van der Waals surface area contributed by atoms with E-state index in [1.54, 1.807) is 6.08 Å². The first-order valence-electron chi connectivity index (χ1n) is 5.41. The highest BCUT2D eigenvalue weighted by atomic mass is 16.7. The second-order valence-corrected chi connectivity index (χ2v) is 4.70. The highest BCUT2D eigenvalue weighted by Crippen LogP contribution is 2.48. The van der Waals surface area contributed by atoms with E-state index in [1.165, 1.54) is 6.92 Å². The number of hydrogen-bond donors (Lipinski definition) is 1. The molecule has 1 saturated carbocycles. The highest BCUT2D eigenvalue weighted by molar-refractivity contribution is 5.66. The molecule has 1 rings (SSSR count). The minimum absolute atomic E-state index is 0.0573. The van der Waals surface area contributed by atoms with E-state index < -0.39 is 17.2 Å². The fourth-order valence-electron chi connectivity index (χ4n) is 2.40. The van der Waals surface area contributed by atoms with Crippen LogP contribution in [-0.2, 0) is 9.53 Å². The van der Waals surface area contributed by atoms with Crippen LogP contribution in [0.3, 0.4) is 0 Å². The molecule has 15 heavy (non-hydrogen) atoms. The first kappa shape index (κ1) is 12.2. The normalized spacial score (nSPS) is 40.9. The third-order valence-corrected chi connectivity index (χ3v) is 3.57. The molecule has 0 aromatic heterocycles. The number of carbonyl (C=O) groups excluding carboxylic acids is 1. The van der Waals surface area contributed by atoms with Crippen LogP contribution in [0.5, 0.6) is 0 Å². The van der Waals surface area contributed by atoms with Crippen molar-refractivity contribution in [1.29, 1.82) is 0 Å². The SMILES string of the molecule is C=C[C@@]1(C)CCC[C@@H](C)[C@@]1(O)OC(C)=O. The zero-order valence-electron chi connectivity index (χ0n) is 9.75. The molecule has 1 fully saturated rings. The molecule has 0 amide bonds. The predicted molar refractivity (Wildman–Crippen MR) is 58.0 cm³/mol. The molecule has 3 nitrogen and oxygen atoms in total. The van der Waals surface area contributed by atoms with E-state index in [2.05, 4.69) is 6.58 Å². The summed E-state index contributed by atoms with van der Waals surface area (Å²) in [6.45, 7) is 8.86. The fraction of sp³-hybridized carbons (Fsp3) is 0.750. The van der Waals surface area contributed by atoms with Gasteiger partial charge in [-0.05, 0) is 19.8 Å². The van der Waals surface area contributed by atoms with Crippen LogP contribution in [0, 0.1) is 11.3 Å². The van der Waals surface area contributed by atoms with Crippen molar-refractivity contribution in [2.45, 2.75) is 45.8 Å². The summed E-state index contributed by atoms with van der Waals surface area (Å²) >= 11 is 0. The molecule has 0 aromatic rings. The highest BCUT2D eigenvalue weighted by Gasteiger charge is 2.53. The van der Waals surface area contributed by atoms with Gasteiger partial charge in [-0.3, -0.25) is 4.79 Å². The van der Waals surface area contributed by atoms with Crippen LogP contribution >= 0.6 is 0 Å². The van der Waals surface area contributed by atoms with Gasteiger partial charge in [-0.2, -0.15) is 0 Å². The molecule has 1 aliphatic carbocycles. The van der Waals surface area contributed by atoms with Crippen LogP contribution in [0.25, 0.3) is 0 Å². The second kappa shape index (κ2) is 3.97. The zero-order valence-corrected chi connectivity index (χ0v) is 9.75. The molecule has 0 aliphatic heterocycles. The molecule has 0 heterocycles. The Labute approximate surface area is 91.1 Å². The fourth-order valence-corrected chi connectivity index (χ4v) is 2.40. The van der Waals surface area contributed by atoms with Crippen molar-refractivity contribution in [2.75, 3.05) is 0 Å². The summed E-state index contributed by atoms with van der Waals surface area (Å²) in [5, 5.41) is 10.5. The standard InChI is InChI=1S/C12H20O3/c1-5-11(4)8-6-7-9(2)12(11,14)15-10(3)13/h5,9,14H,1,6-8H2,2-4H3/t9-,11+,12-/m1/s1. The topological polar surface area (TPSA) is 46.5 Å². The summed E-state index contributed by atoms with van der Waals surface area (Å²) in [7, 11) is 0. The minimum Gasteiger partial charge on any atom is -0.432 e. The average Bonchev–Trinajstić information content (AvgIpc) is 2.14. The molecular weight excluding hydrogens is 192 g/mol. The van der Waals surface area contributed by atoms with E-state index in [0.717, 1.165) is 19.3 Å². The quantitative estimate of drug-likeness (QED) is 0.434. The third-order valence-electron chi connectivity index (χ3n) is 3.57. The number of rotatable bonds is 2. The van der Waals surface area contributed by atoms with E-state index in [0.29, 0.717) is 0 Å². The van der Waals surface area contributed by atoms with Gasteiger partial charge < -0.3 is 9.84 Å². The summed E-state index contributed by atoms with van der Waals surface area (Å²) in [6.07, 6.45) is 4.39. The average molecular weight is 212 g/mol. The van der Waals surface area contributed by atoms with Gasteiger partial charge in [0.1, 0.15) is 0 Å². The van der Waals surface area contributed by atoms with E-state index in [4.69, 9.17) is 4.74 Å². The van der Waals surface area contributed by atoms with Crippen molar-refractivity contribution in [1.82, 2.24) is 0 Å². The second-order valence-electron chi connectivity index (χ2n) is 4.70. The summed E-state index contributed by atoms with van der Waals surface area (Å²) in [5.41, 5.74) is -0.545. The Morgan fingerprint density at radius 2 is 2.27 bits per heavy atom. The maximum Gasteiger partial charge on any atom is 0.305 e. The lowest BCUT2D eigenvalue weighted by Crippen LogP contribution is -2.55. The first-order valence-corrected chi connectivity index (χ1v) is 5.41. The van der Waals surface area contributed by atoms with E-state index in [1.807, 2.05) is 13.8 Å². The van der Waals surface area contributed by atoms with Gasteiger partial charge in [0.15, 0.2) is 0 Å². The van der Waals surface area contributed by atoms with Gasteiger partial charge >= 0.3 is 5.97 Å². The molecule has 0 bridgehead atoms. The van der Waals surface area contributed by atoms with Crippen molar-refractivity contribution in [3.63, 3.8) is 0 Å². The Kier molecular flexibility index (Phi) is 3.24. The Balaban J connectivity index is 3.04. The third kappa shape index (κ3) is 1.93. The Morgan fingerprint density at radius 3 is 2.73 bits per heavy atom. The summed E-state index contributed by atoms with van der Waals surface area (Å²) in [4.78, 5) is 11.0. The van der Waals surface area contributed by atoms with Crippen LogP contribution < -0.4 is 0 Å². The van der Waals surface area contributed by atoms with E-state index >= 15 is 0 Å². The lowest BCUT2D eigenvalue weighted by Gasteiger charge is -2.49. The molecule has 0 aromatic carbocycles. The maximum absolute atomic E-state index is 11.0. The molecule has 0 unspecified atom stereocenters. The van der Waals surface area contributed by atoms with Crippen LogP contribution in [0.4, 0.5) is 0 Å². The molecule has 3 atom stereocenters. The number of hydrogen-bond acceptors (Lipinski definition) is 3. The van der Waals surface area contributed by atoms with Crippen molar-refractivity contribution >= 4 is 5.97 Å². The monoisotopic (exact) mass is 212 g/mol. The van der Waals surface area contributed by atoms with Crippen LogP contribution in [0.15, 0.2) is 12.7 Å². The lowest BCUT2D eigenvalue weighted by atomic mass is 9.66. The Morgan fingerprint density at radius 1 is 1.67 bits per heavy atom. The van der Waals surface area contributed by atoms with Gasteiger partial charge in [-0.25, -0.2) is 0 Å². The van der Waals surface area contributed by atoms with Crippen molar-refractivity contribution in [2.24, 2.45) is 11.3 Å². The van der Waals surface area contributed by atoms with Crippen LogP contribution in [0.1, 0.15) is 40.0 Å². The van der Waals surface area contributed by atoms with Crippen molar-refractivity contribution in [3.05, 3.63) is 12.7 Å². The number of aliphatic hydroxyl groups is 1. The molecule has 1 aliphatic rings. The Hall–Kier alpha value is -0.830. The molecule has 3 heteroatoms. The number of carbonyl (C=O) groups is 1. The summed E-state index contributed by atoms with van der Waals surface area (Å²) in [6, 6.07) is 0.